The summed E-state index contributed by atoms with van der Waals surface area (Å²) in [6.45, 7) is 7.29. The van der Waals surface area contributed by atoms with Crippen LogP contribution in [0.2, 0.25) is 0 Å². The van der Waals surface area contributed by atoms with Gasteiger partial charge < -0.3 is 10.2 Å². The summed E-state index contributed by atoms with van der Waals surface area (Å²) in [7, 11) is -3.83. The maximum Gasteiger partial charge on any atom is 0.244 e. The Morgan fingerprint density at radius 3 is 2.10 bits per heavy atom. The van der Waals surface area contributed by atoms with Crippen LogP contribution < -0.4 is 9.62 Å². The third kappa shape index (κ3) is 8.66. The molecule has 0 aliphatic heterocycles. The summed E-state index contributed by atoms with van der Waals surface area (Å²) >= 11 is 3.41. The lowest BCUT2D eigenvalue weighted by atomic mass is 10.00. The fraction of sp³-hybridized carbons (Fsp3) is 0.333. The third-order valence-electron chi connectivity index (χ3n) is 6.17. The van der Waals surface area contributed by atoms with Gasteiger partial charge in [-0.1, -0.05) is 66.7 Å². The molecule has 0 saturated heterocycles. The number of hydrogen-bond acceptors (Lipinski definition) is 4. The second kappa shape index (κ2) is 12.8. The van der Waals surface area contributed by atoms with Gasteiger partial charge in [0.15, 0.2) is 0 Å². The molecule has 208 valence electrons. The lowest BCUT2D eigenvalue weighted by molar-refractivity contribution is -0.140. The summed E-state index contributed by atoms with van der Waals surface area (Å²) in [4.78, 5) is 29.4. The molecule has 9 heteroatoms. The Balaban J connectivity index is 2.10. The molecular formula is C30H36BrN3O4S. The summed E-state index contributed by atoms with van der Waals surface area (Å²) < 4.78 is 27.4. The van der Waals surface area contributed by atoms with E-state index in [1.807, 2.05) is 82.3 Å². The molecule has 0 spiro atoms. The molecule has 7 nitrogen and oxygen atoms in total. The number of nitrogens with zero attached hydrogens (tertiary/aromatic N) is 2. The van der Waals surface area contributed by atoms with Crippen LogP contribution in [0.15, 0.2) is 83.3 Å². The normalized spacial score (nSPS) is 12.5. The van der Waals surface area contributed by atoms with Crippen molar-refractivity contribution in [1.29, 1.82) is 0 Å². The first-order chi connectivity index (χ1) is 18.3. The van der Waals surface area contributed by atoms with Crippen molar-refractivity contribution in [2.45, 2.75) is 52.2 Å². The molecule has 0 aliphatic carbocycles. The number of sulfonamides is 1. The number of carbonyl (C=O) groups excluding carboxylic acids is 2. The molecule has 3 aromatic rings. The highest BCUT2D eigenvalue weighted by atomic mass is 79.9. The fourth-order valence-electron chi connectivity index (χ4n) is 4.23. The number of carbonyl (C=O) groups is 2. The Morgan fingerprint density at radius 2 is 1.51 bits per heavy atom. The van der Waals surface area contributed by atoms with Crippen molar-refractivity contribution in [3.05, 3.63) is 100 Å². The molecule has 0 saturated carbocycles. The Hall–Kier alpha value is -3.17. The molecule has 3 aromatic carbocycles. The highest BCUT2D eigenvalue weighted by Gasteiger charge is 2.34. The minimum absolute atomic E-state index is 0.147. The average molecular weight is 615 g/mol. The van der Waals surface area contributed by atoms with Gasteiger partial charge in [0, 0.05) is 23.0 Å². The van der Waals surface area contributed by atoms with Gasteiger partial charge in [0.25, 0.3) is 0 Å². The van der Waals surface area contributed by atoms with E-state index in [4.69, 9.17) is 0 Å². The summed E-state index contributed by atoms with van der Waals surface area (Å²) in [6.07, 6.45) is 1.34. The second-order valence-corrected chi connectivity index (χ2v) is 13.4. The summed E-state index contributed by atoms with van der Waals surface area (Å²) in [5.74, 6) is -0.787. The number of anilines is 1. The van der Waals surface area contributed by atoms with Gasteiger partial charge in [-0.3, -0.25) is 13.9 Å². The fourth-order valence-corrected chi connectivity index (χ4v) is 5.70. The number of nitrogens with one attached hydrogen (secondary N) is 1. The van der Waals surface area contributed by atoms with E-state index in [2.05, 4.69) is 21.2 Å². The van der Waals surface area contributed by atoms with E-state index in [-0.39, 0.29) is 18.9 Å². The lowest BCUT2D eigenvalue weighted by Gasteiger charge is -2.35. The van der Waals surface area contributed by atoms with Gasteiger partial charge in [0.2, 0.25) is 21.8 Å². The first-order valence-electron chi connectivity index (χ1n) is 12.7. The van der Waals surface area contributed by atoms with Gasteiger partial charge in [-0.2, -0.15) is 0 Å². The van der Waals surface area contributed by atoms with Crippen LogP contribution in [-0.4, -0.2) is 49.5 Å². The predicted octanol–water partition coefficient (Wildman–Crippen LogP) is 5.08. The number of amides is 2. The van der Waals surface area contributed by atoms with E-state index in [1.165, 1.54) is 4.90 Å². The number of halogens is 1. The van der Waals surface area contributed by atoms with Crippen LogP contribution in [0.25, 0.3) is 0 Å². The van der Waals surface area contributed by atoms with E-state index in [1.54, 1.807) is 24.3 Å². The molecule has 0 aliphatic rings. The van der Waals surface area contributed by atoms with Crippen molar-refractivity contribution in [2.24, 2.45) is 0 Å². The first kappa shape index (κ1) is 30.4. The Kier molecular flexibility index (Phi) is 9.96. The van der Waals surface area contributed by atoms with Crippen LogP contribution in [0, 0.1) is 6.92 Å². The number of hydrogen-bond donors (Lipinski definition) is 1. The van der Waals surface area contributed by atoms with E-state index in [0.717, 1.165) is 27.3 Å². The van der Waals surface area contributed by atoms with Gasteiger partial charge >= 0.3 is 0 Å². The molecule has 0 radical (unpaired) electrons. The van der Waals surface area contributed by atoms with Crippen molar-refractivity contribution in [3.63, 3.8) is 0 Å². The van der Waals surface area contributed by atoms with Crippen molar-refractivity contribution < 1.29 is 18.0 Å². The van der Waals surface area contributed by atoms with Crippen molar-refractivity contribution >= 4 is 43.5 Å². The molecule has 39 heavy (non-hydrogen) atoms. The largest absolute Gasteiger partial charge is 0.350 e. The van der Waals surface area contributed by atoms with Gasteiger partial charge in [0.05, 0.1) is 11.9 Å². The van der Waals surface area contributed by atoms with Crippen LogP contribution >= 0.6 is 15.9 Å². The van der Waals surface area contributed by atoms with Crippen molar-refractivity contribution in [1.82, 2.24) is 10.2 Å². The zero-order chi connectivity index (χ0) is 28.8. The van der Waals surface area contributed by atoms with Crippen molar-refractivity contribution in [2.75, 3.05) is 17.1 Å². The molecule has 1 N–H and O–H groups in total. The molecule has 2 amide bonds. The maximum absolute atomic E-state index is 14.1. The van der Waals surface area contributed by atoms with E-state index in [9.17, 15) is 18.0 Å². The molecule has 3 rings (SSSR count). The molecule has 1 atom stereocenters. The molecule has 0 fully saturated rings. The summed E-state index contributed by atoms with van der Waals surface area (Å²) in [5, 5.41) is 3.03. The highest BCUT2D eigenvalue weighted by Crippen LogP contribution is 2.28. The van der Waals surface area contributed by atoms with Gasteiger partial charge in [-0.05, 0) is 72.4 Å². The van der Waals surface area contributed by atoms with Crippen LogP contribution in [0.5, 0.6) is 0 Å². The smallest absolute Gasteiger partial charge is 0.244 e. The number of aryl methyl sites for hydroxylation is 1. The van der Waals surface area contributed by atoms with E-state index >= 15 is 0 Å². The number of rotatable bonds is 10. The van der Waals surface area contributed by atoms with Gasteiger partial charge in [-0.25, -0.2) is 8.42 Å². The van der Waals surface area contributed by atoms with Crippen LogP contribution in [0.3, 0.4) is 0 Å². The molecule has 0 bridgehead atoms. The predicted molar refractivity (Wildman–Crippen MR) is 160 cm³/mol. The third-order valence-corrected chi connectivity index (χ3v) is 7.97. The molecular weight excluding hydrogens is 578 g/mol. The Bertz CT molecular complexity index is 1400. The Morgan fingerprint density at radius 1 is 0.923 bits per heavy atom. The topological polar surface area (TPSA) is 86.8 Å². The van der Waals surface area contributed by atoms with Crippen molar-refractivity contribution in [3.8, 4) is 0 Å². The zero-order valence-corrected chi connectivity index (χ0v) is 25.4. The number of benzene rings is 3. The van der Waals surface area contributed by atoms with Crippen LogP contribution in [-0.2, 0) is 32.6 Å². The maximum atomic E-state index is 14.1. The van der Waals surface area contributed by atoms with E-state index < -0.39 is 34.1 Å². The van der Waals surface area contributed by atoms with Gasteiger partial charge in [-0.15, -0.1) is 0 Å². The Labute approximate surface area is 240 Å². The number of para-hydroxylation sites is 1. The minimum atomic E-state index is -3.83. The standard InChI is InChI=1S/C30H36BrN3O4S/c1-22-13-9-10-16-24(22)20-33(27(29(36)32-30(2,3)4)19-23-14-7-6-8-15-23)28(35)21-34(39(5,37)38)26-18-12-11-17-25(26)31/h6-18,27H,19-21H2,1-5H3,(H,32,36)/t27-/m0/s1. The molecule has 0 unspecified atom stereocenters. The minimum Gasteiger partial charge on any atom is -0.350 e. The molecule has 0 aromatic heterocycles. The van der Waals surface area contributed by atoms with Crippen LogP contribution in [0.4, 0.5) is 5.69 Å². The summed E-state index contributed by atoms with van der Waals surface area (Å²) in [6, 6.07) is 23.1. The second-order valence-electron chi connectivity index (χ2n) is 10.6. The monoisotopic (exact) mass is 613 g/mol. The van der Waals surface area contributed by atoms with E-state index in [0.29, 0.717) is 10.2 Å². The first-order valence-corrected chi connectivity index (χ1v) is 15.3. The molecule has 0 heterocycles. The van der Waals surface area contributed by atoms with Crippen LogP contribution in [0.1, 0.15) is 37.5 Å². The summed E-state index contributed by atoms with van der Waals surface area (Å²) in [5.41, 5.74) is 2.55. The lowest BCUT2D eigenvalue weighted by Crippen LogP contribution is -2.56. The zero-order valence-electron chi connectivity index (χ0n) is 23.0. The quantitative estimate of drug-likeness (QED) is 0.345. The SMILES string of the molecule is Cc1ccccc1CN(C(=O)CN(c1ccccc1Br)S(C)(=O)=O)[C@@H](Cc1ccccc1)C(=O)NC(C)(C)C. The average Bonchev–Trinajstić information content (AvgIpc) is 2.85. The van der Waals surface area contributed by atoms with Gasteiger partial charge in [0.1, 0.15) is 12.6 Å². The highest BCUT2D eigenvalue weighted by molar-refractivity contribution is 9.10.